The van der Waals surface area contributed by atoms with Crippen LogP contribution in [0.3, 0.4) is 0 Å². The zero-order valence-corrected chi connectivity index (χ0v) is 13.7. The third-order valence-corrected chi connectivity index (χ3v) is 4.20. The van der Waals surface area contributed by atoms with E-state index in [4.69, 9.17) is 0 Å². The SMILES string of the molecule is Cc1nc(Nc2ccc(Br)cc2Br)ccc1Br. The first-order chi connectivity index (χ1) is 8.06. The largest absolute Gasteiger partial charge is 0.339 e. The molecule has 1 heterocycles. The summed E-state index contributed by atoms with van der Waals surface area (Å²) in [6, 6.07) is 9.89. The molecule has 0 amide bonds. The third-order valence-electron chi connectivity index (χ3n) is 2.22. The number of aromatic nitrogens is 1. The second kappa shape index (κ2) is 5.50. The molecule has 0 saturated heterocycles. The van der Waals surface area contributed by atoms with Crippen LogP contribution >= 0.6 is 47.8 Å². The van der Waals surface area contributed by atoms with Gasteiger partial charge in [-0.25, -0.2) is 4.98 Å². The van der Waals surface area contributed by atoms with Gasteiger partial charge in [0, 0.05) is 13.4 Å². The number of pyridine rings is 1. The van der Waals surface area contributed by atoms with Crippen molar-refractivity contribution in [3.63, 3.8) is 0 Å². The molecular weight excluding hydrogens is 412 g/mol. The molecule has 0 radical (unpaired) electrons. The van der Waals surface area contributed by atoms with E-state index < -0.39 is 0 Å². The van der Waals surface area contributed by atoms with Crippen LogP contribution in [0.4, 0.5) is 11.5 Å². The molecule has 1 N–H and O–H groups in total. The van der Waals surface area contributed by atoms with E-state index in [0.29, 0.717) is 0 Å². The van der Waals surface area contributed by atoms with Crippen molar-refractivity contribution >= 4 is 59.3 Å². The zero-order chi connectivity index (χ0) is 12.4. The maximum Gasteiger partial charge on any atom is 0.130 e. The molecule has 88 valence electrons. The molecule has 1 aromatic carbocycles. The fourth-order valence-electron chi connectivity index (χ4n) is 1.34. The number of hydrogen-bond acceptors (Lipinski definition) is 2. The zero-order valence-electron chi connectivity index (χ0n) is 8.97. The molecule has 5 heteroatoms. The summed E-state index contributed by atoms with van der Waals surface area (Å²) >= 11 is 10.4. The number of anilines is 2. The summed E-state index contributed by atoms with van der Waals surface area (Å²) in [4.78, 5) is 4.44. The standard InChI is InChI=1S/C12H9Br3N2/c1-7-9(14)3-5-12(16-7)17-11-4-2-8(13)6-10(11)15/h2-6H,1H3,(H,16,17). The van der Waals surface area contributed by atoms with E-state index in [9.17, 15) is 0 Å². The Morgan fingerprint density at radius 3 is 2.41 bits per heavy atom. The lowest BCUT2D eigenvalue weighted by molar-refractivity contribution is 1.18. The normalized spacial score (nSPS) is 10.4. The van der Waals surface area contributed by atoms with E-state index in [1.165, 1.54) is 0 Å². The average molecular weight is 421 g/mol. The number of nitrogens with zero attached hydrogens (tertiary/aromatic N) is 1. The van der Waals surface area contributed by atoms with E-state index in [1.807, 2.05) is 37.3 Å². The van der Waals surface area contributed by atoms with Crippen LogP contribution < -0.4 is 5.32 Å². The van der Waals surface area contributed by atoms with Crippen molar-refractivity contribution in [1.29, 1.82) is 0 Å². The lowest BCUT2D eigenvalue weighted by atomic mass is 10.3. The van der Waals surface area contributed by atoms with Gasteiger partial charge in [-0.15, -0.1) is 0 Å². The Morgan fingerprint density at radius 1 is 1.00 bits per heavy atom. The topological polar surface area (TPSA) is 24.9 Å². The Kier molecular flexibility index (Phi) is 4.22. The lowest BCUT2D eigenvalue weighted by Crippen LogP contribution is -1.96. The number of rotatable bonds is 2. The number of aryl methyl sites for hydroxylation is 1. The fraction of sp³-hybridized carbons (Fsp3) is 0.0833. The van der Waals surface area contributed by atoms with Crippen LogP contribution in [0.15, 0.2) is 43.7 Å². The maximum atomic E-state index is 4.44. The average Bonchev–Trinajstić information content (AvgIpc) is 2.27. The highest BCUT2D eigenvalue weighted by molar-refractivity contribution is 9.11. The summed E-state index contributed by atoms with van der Waals surface area (Å²) in [5.74, 6) is 0.828. The van der Waals surface area contributed by atoms with Gasteiger partial charge in [0.15, 0.2) is 0 Å². The second-order valence-corrected chi connectivity index (χ2v) is 6.14. The van der Waals surface area contributed by atoms with Gasteiger partial charge in [0.05, 0.1) is 11.4 Å². The third kappa shape index (κ3) is 3.30. The number of benzene rings is 1. The molecule has 2 rings (SSSR count). The van der Waals surface area contributed by atoms with Crippen LogP contribution in [-0.2, 0) is 0 Å². The van der Waals surface area contributed by atoms with Gasteiger partial charge < -0.3 is 5.32 Å². The van der Waals surface area contributed by atoms with E-state index in [2.05, 4.69) is 58.1 Å². The summed E-state index contributed by atoms with van der Waals surface area (Å²) in [6.45, 7) is 1.96. The van der Waals surface area contributed by atoms with Gasteiger partial charge in [0.1, 0.15) is 5.82 Å². The predicted octanol–water partition coefficient (Wildman–Crippen LogP) is 5.42. The van der Waals surface area contributed by atoms with Gasteiger partial charge >= 0.3 is 0 Å². The highest BCUT2D eigenvalue weighted by Crippen LogP contribution is 2.28. The van der Waals surface area contributed by atoms with E-state index in [0.717, 1.165) is 30.6 Å². The Balaban J connectivity index is 2.28. The molecule has 17 heavy (non-hydrogen) atoms. The molecule has 2 nitrogen and oxygen atoms in total. The summed E-state index contributed by atoms with van der Waals surface area (Å²) in [7, 11) is 0. The molecule has 0 aliphatic rings. The molecule has 0 atom stereocenters. The number of nitrogens with one attached hydrogen (secondary N) is 1. The number of halogens is 3. The summed E-state index contributed by atoms with van der Waals surface area (Å²) in [6.07, 6.45) is 0. The van der Waals surface area contributed by atoms with Crippen molar-refractivity contribution in [3.05, 3.63) is 49.4 Å². The van der Waals surface area contributed by atoms with Crippen LogP contribution in [0.1, 0.15) is 5.69 Å². The molecule has 1 aromatic heterocycles. The minimum atomic E-state index is 0.828. The molecule has 0 unspecified atom stereocenters. The molecule has 0 aliphatic heterocycles. The van der Waals surface area contributed by atoms with Crippen molar-refractivity contribution in [2.24, 2.45) is 0 Å². The molecule has 0 spiro atoms. The van der Waals surface area contributed by atoms with Crippen LogP contribution in [0, 0.1) is 6.92 Å². The Bertz CT molecular complexity index is 555. The summed E-state index contributed by atoms with van der Waals surface area (Å²) < 4.78 is 3.04. The predicted molar refractivity (Wildman–Crippen MR) is 81.8 cm³/mol. The van der Waals surface area contributed by atoms with Crippen molar-refractivity contribution < 1.29 is 0 Å². The van der Waals surface area contributed by atoms with Gasteiger partial charge in [-0.1, -0.05) is 15.9 Å². The smallest absolute Gasteiger partial charge is 0.130 e. The Labute approximate surface area is 125 Å². The van der Waals surface area contributed by atoms with Gasteiger partial charge in [0.25, 0.3) is 0 Å². The Hall–Kier alpha value is -0.390. The highest BCUT2D eigenvalue weighted by Gasteiger charge is 2.03. The lowest BCUT2D eigenvalue weighted by Gasteiger charge is -2.09. The fourth-order valence-corrected chi connectivity index (χ4v) is 2.71. The van der Waals surface area contributed by atoms with Crippen LogP contribution in [0.5, 0.6) is 0 Å². The summed E-state index contributed by atoms with van der Waals surface area (Å²) in [5, 5.41) is 3.27. The monoisotopic (exact) mass is 418 g/mol. The van der Waals surface area contributed by atoms with Crippen molar-refractivity contribution in [2.45, 2.75) is 6.92 Å². The van der Waals surface area contributed by atoms with Crippen LogP contribution in [0.2, 0.25) is 0 Å². The van der Waals surface area contributed by atoms with Gasteiger partial charge in [0.2, 0.25) is 0 Å². The molecule has 0 saturated carbocycles. The van der Waals surface area contributed by atoms with Crippen molar-refractivity contribution in [1.82, 2.24) is 4.98 Å². The first-order valence-corrected chi connectivity index (χ1v) is 7.29. The molecule has 2 aromatic rings. The number of hydrogen-bond donors (Lipinski definition) is 1. The molecular formula is C12H9Br3N2. The quantitative estimate of drug-likeness (QED) is 0.701. The van der Waals surface area contributed by atoms with E-state index in [-0.39, 0.29) is 0 Å². The maximum absolute atomic E-state index is 4.44. The van der Waals surface area contributed by atoms with Crippen molar-refractivity contribution in [3.8, 4) is 0 Å². The van der Waals surface area contributed by atoms with Crippen LogP contribution in [0.25, 0.3) is 0 Å². The van der Waals surface area contributed by atoms with Gasteiger partial charge in [-0.3, -0.25) is 0 Å². The molecule has 0 fully saturated rings. The van der Waals surface area contributed by atoms with Gasteiger partial charge in [-0.2, -0.15) is 0 Å². The Morgan fingerprint density at radius 2 is 1.76 bits per heavy atom. The minimum Gasteiger partial charge on any atom is -0.339 e. The summed E-state index contributed by atoms with van der Waals surface area (Å²) in [5.41, 5.74) is 1.95. The highest BCUT2D eigenvalue weighted by atomic mass is 79.9. The first kappa shape index (κ1) is 13.1. The minimum absolute atomic E-state index is 0.828. The first-order valence-electron chi connectivity index (χ1n) is 4.91. The second-order valence-electron chi connectivity index (χ2n) is 3.51. The molecule has 0 bridgehead atoms. The van der Waals surface area contributed by atoms with E-state index in [1.54, 1.807) is 0 Å². The van der Waals surface area contributed by atoms with Crippen LogP contribution in [-0.4, -0.2) is 4.98 Å². The van der Waals surface area contributed by atoms with Gasteiger partial charge in [-0.05, 0) is 69.1 Å². The van der Waals surface area contributed by atoms with E-state index >= 15 is 0 Å². The van der Waals surface area contributed by atoms with Crippen molar-refractivity contribution in [2.75, 3.05) is 5.32 Å². The molecule has 0 aliphatic carbocycles.